The highest BCUT2D eigenvalue weighted by molar-refractivity contribution is 5.89. The van der Waals surface area contributed by atoms with E-state index in [0.29, 0.717) is 10.9 Å². The van der Waals surface area contributed by atoms with Crippen molar-refractivity contribution < 1.29 is 4.79 Å². The van der Waals surface area contributed by atoms with Gasteiger partial charge in [0.15, 0.2) is 0 Å². The van der Waals surface area contributed by atoms with Crippen molar-refractivity contribution in [1.82, 2.24) is 24.7 Å². The lowest BCUT2D eigenvalue weighted by molar-refractivity contribution is -0.116. The van der Waals surface area contributed by atoms with Crippen molar-refractivity contribution in [1.29, 1.82) is 0 Å². The van der Waals surface area contributed by atoms with E-state index in [1.165, 1.54) is 17.2 Å². The summed E-state index contributed by atoms with van der Waals surface area (Å²) in [5.74, 6) is -0.153. The van der Waals surface area contributed by atoms with Crippen LogP contribution in [0.5, 0.6) is 0 Å². The molecule has 1 aromatic carbocycles. The van der Waals surface area contributed by atoms with E-state index in [4.69, 9.17) is 0 Å². The van der Waals surface area contributed by atoms with E-state index in [-0.39, 0.29) is 24.0 Å². The smallest absolute Gasteiger partial charge is 0.261 e. The Kier molecular flexibility index (Phi) is 3.19. The van der Waals surface area contributed by atoms with Gasteiger partial charge in [-0.05, 0) is 18.6 Å². The number of nitrogens with zero attached hydrogens (tertiary/aromatic N) is 4. The number of carbonyl (C=O) groups excluding carboxylic acids is 1. The van der Waals surface area contributed by atoms with Crippen LogP contribution >= 0.6 is 0 Å². The van der Waals surface area contributed by atoms with Crippen LogP contribution in [0.3, 0.4) is 0 Å². The summed E-state index contributed by atoms with van der Waals surface area (Å²) in [6, 6.07) is 5.37. The average Bonchev–Trinajstić information content (AvgIpc) is 2.95. The number of hydrogen-bond donors (Lipinski definition) is 2. The fraction of sp³-hybridized carbons (Fsp3) is 0.154. The molecule has 0 bridgehead atoms. The van der Waals surface area contributed by atoms with Gasteiger partial charge in [0.25, 0.3) is 5.56 Å². The van der Waals surface area contributed by atoms with Gasteiger partial charge in [0.1, 0.15) is 12.9 Å². The Hall–Kier alpha value is -3.03. The first kappa shape index (κ1) is 13.0. The standard InChI is InChI=1S/C13H12N6O2/c1-8-3-2-4-9-11(8)15-7-19(12(9)21)5-10(20)17-13-14-6-16-18-13/h2-4,6-7H,5H2,1H3,(H2,14,16,17,18,20). The van der Waals surface area contributed by atoms with Crippen LogP contribution < -0.4 is 10.9 Å². The summed E-state index contributed by atoms with van der Waals surface area (Å²) >= 11 is 0. The lowest BCUT2D eigenvalue weighted by atomic mass is 10.1. The second-order valence-electron chi connectivity index (χ2n) is 4.53. The SMILES string of the molecule is Cc1cccc2c(=O)n(CC(=O)Nc3ncn[nH]3)cnc12. The van der Waals surface area contributed by atoms with Gasteiger partial charge < -0.3 is 0 Å². The number of fused-ring (bicyclic) bond motifs is 1. The molecule has 0 aliphatic rings. The maximum Gasteiger partial charge on any atom is 0.261 e. The van der Waals surface area contributed by atoms with E-state index in [9.17, 15) is 9.59 Å². The number of hydrogen-bond acceptors (Lipinski definition) is 5. The van der Waals surface area contributed by atoms with E-state index in [1.807, 2.05) is 13.0 Å². The summed E-state index contributed by atoms with van der Waals surface area (Å²) in [5, 5.41) is 9.12. The average molecular weight is 284 g/mol. The number of aromatic nitrogens is 5. The van der Waals surface area contributed by atoms with Crippen molar-refractivity contribution in [3.8, 4) is 0 Å². The molecule has 0 saturated carbocycles. The van der Waals surface area contributed by atoms with Crippen molar-refractivity contribution >= 4 is 22.8 Å². The van der Waals surface area contributed by atoms with Crippen LogP contribution in [-0.2, 0) is 11.3 Å². The van der Waals surface area contributed by atoms with Crippen LogP contribution in [0.4, 0.5) is 5.95 Å². The Balaban J connectivity index is 1.89. The molecule has 0 aliphatic carbocycles. The van der Waals surface area contributed by atoms with E-state index in [1.54, 1.807) is 12.1 Å². The third-order valence-corrected chi connectivity index (χ3v) is 3.04. The van der Waals surface area contributed by atoms with Crippen LogP contribution in [0.1, 0.15) is 5.56 Å². The molecule has 0 atom stereocenters. The number of rotatable bonds is 3. The third kappa shape index (κ3) is 2.50. The van der Waals surface area contributed by atoms with Gasteiger partial charge in [-0.25, -0.2) is 10.1 Å². The first-order valence-corrected chi connectivity index (χ1v) is 6.25. The molecule has 2 N–H and O–H groups in total. The number of H-pyrrole nitrogens is 1. The Labute approximate surface area is 118 Å². The zero-order valence-corrected chi connectivity index (χ0v) is 11.2. The second-order valence-corrected chi connectivity index (χ2v) is 4.53. The quantitative estimate of drug-likeness (QED) is 0.727. The van der Waals surface area contributed by atoms with Gasteiger partial charge in [0, 0.05) is 0 Å². The summed E-state index contributed by atoms with van der Waals surface area (Å²) in [5.41, 5.74) is 1.31. The van der Waals surface area contributed by atoms with E-state index < -0.39 is 0 Å². The van der Waals surface area contributed by atoms with Crippen molar-refractivity contribution in [2.24, 2.45) is 0 Å². The second kappa shape index (κ2) is 5.16. The summed E-state index contributed by atoms with van der Waals surface area (Å²) in [6.45, 7) is 1.74. The Morgan fingerprint density at radius 1 is 1.38 bits per heavy atom. The molecule has 0 aliphatic heterocycles. The number of benzene rings is 1. The molecule has 21 heavy (non-hydrogen) atoms. The van der Waals surface area contributed by atoms with Crippen LogP contribution in [0.2, 0.25) is 0 Å². The summed E-state index contributed by atoms with van der Waals surface area (Å²) in [6.07, 6.45) is 2.65. The van der Waals surface area contributed by atoms with E-state index in [2.05, 4.69) is 25.5 Å². The van der Waals surface area contributed by atoms with Gasteiger partial charge in [-0.3, -0.25) is 19.5 Å². The van der Waals surface area contributed by atoms with Crippen molar-refractivity contribution in [2.45, 2.75) is 13.5 Å². The third-order valence-electron chi connectivity index (χ3n) is 3.04. The maximum absolute atomic E-state index is 12.3. The van der Waals surface area contributed by atoms with E-state index in [0.717, 1.165) is 5.56 Å². The molecule has 106 valence electrons. The molecule has 0 spiro atoms. The first-order valence-electron chi connectivity index (χ1n) is 6.25. The first-order chi connectivity index (χ1) is 10.1. The van der Waals surface area contributed by atoms with Gasteiger partial charge in [-0.15, -0.1) is 0 Å². The molecule has 1 amide bonds. The summed E-state index contributed by atoms with van der Waals surface area (Å²) in [7, 11) is 0. The predicted octanol–water partition coefficient (Wildman–Crippen LogP) is 0.462. The largest absolute Gasteiger partial charge is 0.293 e. The molecular formula is C13H12N6O2. The van der Waals surface area contributed by atoms with Crippen LogP contribution in [0.25, 0.3) is 10.9 Å². The minimum absolute atomic E-state index is 0.142. The number of amides is 1. The topological polar surface area (TPSA) is 106 Å². The molecule has 2 aromatic heterocycles. The molecule has 2 heterocycles. The van der Waals surface area contributed by atoms with Gasteiger partial charge >= 0.3 is 0 Å². The van der Waals surface area contributed by atoms with Crippen molar-refractivity contribution in [3.63, 3.8) is 0 Å². The van der Waals surface area contributed by atoms with Crippen LogP contribution in [-0.4, -0.2) is 30.6 Å². The Morgan fingerprint density at radius 3 is 3.00 bits per heavy atom. The monoisotopic (exact) mass is 284 g/mol. The molecule has 0 radical (unpaired) electrons. The molecule has 3 aromatic rings. The van der Waals surface area contributed by atoms with Gasteiger partial charge in [0.2, 0.25) is 11.9 Å². The number of nitrogens with one attached hydrogen (secondary N) is 2. The minimum atomic E-state index is -0.386. The van der Waals surface area contributed by atoms with Crippen LogP contribution in [0, 0.1) is 6.92 Å². The minimum Gasteiger partial charge on any atom is -0.293 e. The number of aromatic amines is 1. The molecule has 3 rings (SSSR count). The van der Waals surface area contributed by atoms with Crippen molar-refractivity contribution in [2.75, 3.05) is 5.32 Å². The van der Waals surface area contributed by atoms with Gasteiger partial charge in [-0.2, -0.15) is 10.1 Å². The molecule has 8 nitrogen and oxygen atoms in total. The molecule has 0 saturated heterocycles. The molecule has 0 fully saturated rings. The van der Waals surface area contributed by atoms with Gasteiger partial charge in [0.05, 0.1) is 17.2 Å². The highest BCUT2D eigenvalue weighted by Crippen LogP contribution is 2.11. The van der Waals surface area contributed by atoms with E-state index >= 15 is 0 Å². The highest BCUT2D eigenvalue weighted by Gasteiger charge is 2.10. The molecular weight excluding hydrogens is 272 g/mol. The zero-order chi connectivity index (χ0) is 14.8. The maximum atomic E-state index is 12.3. The number of para-hydroxylation sites is 1. The normalized spacial score (nSPS) is 10.7. The Morgan fingerprint density at radius 2 is 2.24 bits per heavy atom. The molecule has 8 heteroatoms. The number of anilines is 1. The number of aryl methyl sites for hydroxylation is 1. The van der Waals surface area contributed by atoms with Gasteiger partial charge in [-0.1, -0.05) is 12.1 Å². The fourth-order valence-corrected chi connectivity index (χ4v) is 2.04. The van der Waals surface area contributed by atoms with Crippen LogP contribution in [0.15, 0.2) is 35.6 Å². The predicted molar refractivity (Wildman–Crippen MR) is 75.8 cm³/mol. The molecule has 0 unspecified atom stereocenters. The summed E-state index contributed by atoms with van der Waals surface area (Å²) < 4.78 is 1.26. The zero-order valence-electron chi connectivity index (χ0n) is 11.2. The number of carbonyl (C=O) groups is 1. The highest BCUT2D eigenvalue weighted by atomic mass is 16.2. The lowest BCUT2D eigenvalue weighted by Crippen LogP contribution is -2.28. The summed E-state index contributed by atoms with van der Waals surface area (Å²) in [4.78, 5) is 32.2. The van der Waals surface area contributed by atoms with Crippen molar-refractivity contribution in [3.05, 3.63) is 46.8 Å². The Bertz CT molecular complexity index is 853. The lowest BCUT2D eigenvalue weighted by Gasteiger charge is -2.07. The fourth-order valence-electron chi connectivity index (χ4n) is 2.04.